The van der Waals surface area contributed by atoms with Crippen molar-refractivity contribution in [3.8, 4) is 0 Å². The first-order chi connectivity index (χ1) is 5.80. The zero-order valence-corrected chi connectivity index (χ0v) is 9.57. The number of allylic oxidation sites excluding steroid dienone is 4. The second kappa shape index (κ2) is 10.5. The molecule has 0 heterocycles. The van der Waals surface area contributed by atoms with Crippen LogP contribution in [0.2, 0.25) is 0 Å². The highest BCUT2D eigenvalue weighted by Crippen LogP contribution is 2.16. The largest absolute Gasteiger partial charge is 0.0840 e. The van der Waals surface area contributed by atoms with E-state index in [0.29, 0.717) is 0 Å². The highest BCUT2D eigenvalue weighted by atomic mass is 14.0. The fraction of sp³-hybridized carbons (Fsp3) is 0.667. The summed E-state index contributed by atoms with van der Waals surface area (Å²) in [7, 11) is 0. The van der Waals surface area contributed by atoms with Crippen molar-refractivity contribution in [2.45, 2.75) is 54.4 Å². The number of hydrogen-bond acceptors (Lipinski definition) is 0. The van der Waals surface area contributed by atoms with E-state index in [1.807, 2.05) is 27.7 Å². The Hall–Kier alpha value is -0.520. The molecule has 0 amide bonds. The lowest BCUT2D eigenvalue weighted by Gasteiger charge is -2.06. The van der Waals surface area contributed by atoms with Crippen LogP contribution in [0, 0.1) is 0 Å². The van der Waals surface area contributed by atoms with Gasteiger partial charge >= 0.3 is 0 Å². The summed E-state index contributed by atoms with van der Waals surface area (Å²) < 4.78 is 0. The van der Waals surface area contributed by atoms with Gasteiger partial charge in [-0.25, -0.2) is 0 Å². The highest BCUT2D eigenvalue weighted by Gasteiger charge is 1.96. The van der Waals surface area contributed by atoms with Crippen LogP contribution in [0.15, 0.2) is 23.3 Å². The minimum absolute atomic E-state index is 1.24. The molecule has 72 valence electrons. The average Bonchev–Trinajstić information content (AvgIpc) is 2.17. The molecule has 0 aromatic heterocycles. The van der Waals surface area contributed by atoms with Gasteiger partial charge in [0.1, 0.15) is 0 Å². The summed E-state index contributed by atoms with van der Waals surface area (Å²) in [5, 5.41) is 0. The maximum Gasteiger partial charge on any atom is -0.0282 e. The normalized spacial score (nSPS) is 14.2. The van der Waals surface area contributed by atoms with Gasteiger partial charge in [0.15, 0.2) is 0 Å². The molecule has 0 radical (unpaired) electrons. The summed E-state index contributed by atoms with van der Waals surface area (Å²) in [6.45, 7) is 12.4. The highest BCUT2D eigenvalue weighted by molar-refractivity contribution is 5.25. The van der Waals surface area contributed by atoms with E-state index < -0.39 is 0 Å². The Morgan fingerprint density at radius 3 is 1.75 bits per heavy atom. The Bertz CT molecular complexity index is 138. The average molecular weight is 168 g/mol. The monoisotopic (exact) mass is 168 g/mol. The third-order valence-electron chi connectivity index (χ3n) is 1.73. The van der Waals surface area contributed by atoms with E-state index in [2.05, 4.69) is 26.0 Å². The van der Waals surface area contributed by atoms with E-state index >= 15 is 0 Å². The van der Waals surface area contributed by atoms with Crippen molar-refractivity contribution >= 4 is 0 Å². The quantitative estimate of drug-likeness (QED) is 0.490. The van der Waals surface area contributed by atoms with Gasteiger partial charge in [0.05, 0.1) is 0 Å². The van der Waals surface area contributed by atoms with Gasteiger partial charge in [0, 0.05) is 0 Å². The molecule has 0 unspecified atom stereocenters. The Morgan fingerprint density at radius 1 is 1.00 bits per heavy atom. The van der Waals surface area contributed by atoms with E-state index in [0.717, 1.165) is 0 Å². The molecule has 0 heteroatoms. The van der Waals surface area contributed by atoms with Crippen LogP contribution in [-0.4, -0.2) is 0 Å². The molecular formula is C12H24. The molecule has 0 bridgehead atoms. The van der Waals surface area contributed by atoms with Crippen molar-refractivity contribution in [2.75, 3.05) is 0 Å². The Labute approximate surface area is 78.4 Å². The molecule has 1 aliphatic rings. The maximum absolute atomic E-state index is 2.24. The standard InChI is InChI=1S/C8H12.2C2H6/c1-7-5-3-4-6-8(7)2;2*1-2/h3,5H,4,6H2,1-2H3;2*1-2H3. The summed E-state index contributed by atoms with van der Waals surface area (Å²) in [5.74, 6) is 0. The number of hydrogen-bond donors (Lipinski definition) is 0. The Morgan fingerprint density at radius 2 is 1.50 bits per heavy atom. The van der Waals surface area contributed by atoms with Crippen LogP contribution in [0.1, 0.15) is 54.4 Å². The molecule has 0 saturated carbocycles. The van der Waals surface area contributed by atoms with Gasteiger partial charge in [-0.1, -0.05) is 51.0 Å². The zero-order chi connectivity index (χ0) is 9.98. The predicted molar refractivity (Wildman–Crippen MR) is 59.4 cm³/mol. The van der Waals surface area contributed by atoms with Gasteiger partial charge in [-0.05, 0) is 26.7 Å². The molecule has 0 aromatic rings. The van der Waals surface area contributed by atoms with Gasteiger partial charge in [0.25, 0.3) is 0 Å². The van der Waals surface area contributed by atoms with Gasteiger partial charge in [-0.15, -0.1) is 0 Å². The van der Waals surface area contributed by atoms with Crippen LogP contribution in [0.5, 0.6) is 0 Å². The molecule has 1 rings (SSSR count). The topological polar surface area (TPSA) is 0 Å². The van der Waals surface area contributed by atoms with Crippen molar-refractivity contribution in [1.29, 1.82) is 0 Å². The van der Waals surface area contributed by atoms with Crippen LogP contribution in [0.25, 0.3) is 0 Å². The molecule has 0 spiro atoms. The third-order valence-corrected chi connectivity index (χ3v) is 1.73. The van der Waals surface area contributed by atoms with Gasteiger partial charge < -0.3 is 0 Å². The van der Waals surface area contributed by atoms with E-state index in [4.69, 9.17) is 0 Å². The molecule has 0 aliphatic heterocycles. The molecule has 0 fully saturated rings. The maximum atomic E-state index is 2.24. The summed E-state index contributed by atoms with van der Waals surface area (Å²) >= 11 is 0. The lowest BCUT2D eigenvalue weighted by molar-refractivity contribution is 0.939. The van der Waals surface area contributed by atoms with Gasteiger partial charge in [0.2, 0.25) is 0 Å². The zero-order valence-electron chi connectivity index (χ0n) is 9.57. The van der Waals surface area contributed by atoms with Gasteiger partial charge in [-0.3, -0.25) is 0 Å². The van der Waals surface area contributed by atoms with Crippen LogP contribution in [-0.2, 0) is 0 Å². The molecule has 0 saturated heterocycles. The van der Waals surface area contributed by atoms with Crippen LogP contribution in [0.3, 0.4) is 0 Å². The molecule has 0 nitrogen and oxygen atoms in total. The van der Waals surface area contributed by atoms with Crippen LogP contribution < -0.4 is 0 Å². The lowest BCUT2D eigenvalue weighted by atomic mass is 10.0. The molecule has 12 heavy (non-hydrogen) atoms. The first kappa shape index (κ1) is 14.0. The summed E-state index contributed by atoms with van der Waals surface area (Å²) in [5.41, 5.74) is 3.00. The van der Waals surface area contributed by atoms with E-state index in [1.54, 1.807) is 5.57 Å². The van der Waals surface area contributed by atoms with Crippen LogP contribution in [0.4, 0.5) is 0 Å². The Balaban J connectivity index is 0. The second-order valence-corrected chi connectivity index (χ2v) is 2.40. The summed E-state index contributed by atoms with van der Waals surface area (Å²) in [6, 6.07) is 0. The van der Waals surface area contributed by atoms with E-state index in [9.17, 15) is 0 Å². The molecular weight excluding hydrogens is 144 g/mol. The summed E-state index contributed by atoms with van der Waals surface area (Å²) in [4.78, 5) is 0. The second-order valence-electron chi connectivity index (χ2n) is 2.40. The van der Waals surface area contributed by atoms with E-state index in [-0.39, 0.29) is 0 Å². The minimum atomic E-state index is 1.24. The van der Waals surface area contributed by atoms with Crippen molar-refractivity contribution in [3.63, 3.8) is 0 Å². The van der Waals surface area contributed by atoms with Crippen LogP contribution >= 0.6 is 0 Å². The first-order valence-corrected chi connectivity index (χ1v) is 5.13. The fourth-order valence-corrected chi connectivity index (χ4v) is 0.899. The number of rotatable bonds is 0. The molecule has 0 N–H and O–H groups in total. The molecule has 0 aromatic carbocycles. The fourth-order valence-electron chi connectivity index (χ4n) is 0.899. The van der Waals surface area contributed by atoms with Crippen molar-refractivity contribution in [2.24, 2.45) is 0 Å². The SMILES string of the molecule is CC.CC.CC1=C(C)CCC=C1. The van der Waals surface area contributed by atoms with Gasteiger partial charge in [-0.2, -0.15) is 0 Å². The van der Waals surface area contributed by atoms with Crippen molar-refractivity contribution < 1.29 is 0 Å². The van der Waals surface area contributed by atoms with Crippen molar-refractivity contribution in [3.05, 3.63) is 23.3 Å². The predicted octanol–water partition coefficient (Wildman–Crippen LogP) is 4.73. The lowest BCUT2D eigenvalue weighted by Crippen LogP contribution is -1.85. The first-order valence-electron chi connectivity index (χ1n) is 5.13. The minimum Gasteiger partial charge on any atom is -0.0840 e. The summed E-state index contributed by atoms with van der Waals surface area (Å²) in [6.07, 6.45) is 6.95. The smallest absolute Gasteiger partial charge is 0.0282 e. The third kappa shape index (κ3) is 6.21. The Kier molecular flexibility index (Phi) is 12.3. The van der Waals surface area contributed by atoms with E-state index in [1.165, 1.54) is 18.4 Å². The van der Waals surface area contributed by atoms with Crippen molar-refractivity contribution in [1.82, 2.24) is 0 Å². The molecule has 0 atom stereocenters. The molecule has 1 aliphatic carbocycles.